The van der Waals surface area contributed by atoms with Gasteiger partial charge >= 0.3 is 0 Å². The van der Waals surface area contributed by atoms with Crippen LogP contribution in [0.2, 0.25) is 5.02 Å². The highest BCUT2D eigenvalue weighted by Crippen LogP contribution is 2.20. The normalized spacial score (nSPS) is 12.1. The number of aryl methyl sites for hydroxylation is 1. The van der Waals surface area contributed by atoms with Crippen LogP contribution in [-0.2, 0) is 0 Å². The maximum atomic E-state index is 8.96. The number of nitrogens with zero attached hydrogens (tertiary/aromatic N) is 1. The molecule has 1 aromatic rings. The van der Waals surface area contributed by atoms with Crippen molar-refractivity contribution in [2.75, 3.05) is 6.54 Å². The van der Waals surface area contributed by atoms with Crippen molar-refractivity contribution in [1.29, 1.82) is 5.26 Å². The van der Waals surface area contributed by atoms with Crippen LogP contribution in [0.5, 0.6) is 0 Å². The maximum absolute atomic E-state index is 8.96. The third-order valence-corrected chi connectivity index (χ3v) is 2.32. The second-order valence-corrected chi connectivity index (χ2v) is 3.56. The fourth-order valence-corrected chi connectivity index (χ4v) is 1.62. The summed E-state index contributed by atoms with van der Waals surface area (Å²) in [5.41, 5.74) is 2.05. The van der Waals surface area contributed by atoms with Gasteiger partial charge in [0.1, 0.15) is 6.04 Å². The third kappa shape index (κ3) is 2.47. The van der Waals surface area contributed by atoms with Gasteiger partial charge in [0, 0.05) is 5.02 Å². The van der Waals surface area contributed by atoms with Gasteiger partial charge in [-0.25, -0.2) is 0 Å². The SMILES string of the molecule is CCNC(C#N)c1ccc(Cl)cc1C. The van der Waals surface area contributed by atoms with Gasteiger partial charge in [-0.3, -0.25) is 5.32 Å². The monoisotopic (exact) mass is 208 g/mol. The van der Waals surface area contributed by atoms with Crippen LogP contribution < -0.4 is 5.32 Å². The Hall–Kier alpha value is -1.04. The zero-order valence-electron chi connectivity index (χ0n) is 8.34. The van der Waals surface area contributed by atoms with Crippen molar-refractivity contribution in [3.05, 3.63) is 34.3 Å². The minimum absolute atomic E-state index is 0.239. The molecule has 74 valence electrons. The zero-order valence-corrected chi connectivity index (χ0v) is 9.10. The Morgan fingerprint density at radius 1 is 1.57 bits per heavy atom. The lowest BCUT2D eigenvalue weighted by Gasteiger charge is -2.12. The van der Waals surface area contributed by atoms with Crippen molar-refractivity contribution in [2.45, 2.75) is 19.9 Å². The summed E-state index contributed by atoms with van der Waals surface area (Å²) in [6.07, 6.45) is 0. The molecule has 0 saturated carbocycles. The lowest BCUT2D eigenvalue weighted by molar-refractivity contribution is 0.655. The molecule has 0 bridgehead atoms. The maximum Gasteiger partial charge on any atom is 0.121 e. The first-order valence-corrected chi connectivity index (χ1v) is 4.96. The smallest absolute Gasteiger partial charge is 0.121 e. The van der Waals surface area contributed by atoms with E-state index < -0.39 is 0 Å². The van der Waals surface area contributed by atoms with E-state index in [-0.39, 0.29) is 6.04 Å². The summed E-state index contributed by atoms with van der Waals surface area (Å²) >= 11 is 5.84. The first-order chi connectivity index (χ1) is 6.69. The Morgan fingerprint density at radius 2 is 2.29 bits per heavy atom. The van der Waals surface area contributed by atoms with Crippen LogP contribution in [0.4, 0.5) is 0 Å². The lowest BCUT2D eigenvalue weighted by atomic mass is 10.0. The van der Waals surface area contributed by atoms with Gasteiger partial charge < -0.3 is 0 Å². The van der Waals surface area contributed by atoms with Crippen molar-refractivity contribution < 1.29 is 0 Å². The fraction of sp³-hybridized carbons (Fsp3) is 0.364. The Morgan fingerprint density at radius 3 is 2.79 bits per heavy atom. The molecule has 0 aromatic heterocycles. The molecule has 1 rings (SSSR count). The summed E-state index contributed by atoms with van der Waals surface area (Å²) in [4.78, 5) is 0. The summed E-state index contributed by atoms with van der Waals surface area (Å²) in [7, 11) is 0. The van der Waals surface area contributed by atoms with Crippen LogP contribution in [0.1, 0.15) is 24.1 Å². The van der Waals surface area contributed by atoms with Gasteiger partial charge in [-0.2, -0.15) is 5.26 Å². The third-order valence-electron chi connectivity index (χ3n) is 2.08. The van der Waals surface area contributed by atoms with E-state index in [2.05, 4.69) is 11.4 Å². The van der Waals surface area contributed by atoms with Crippen LogP contribution in [0.25, 0.3) is 0 Å². The molecule has 1 atom stereocenters. The van der Waals surface area contributed by atoms with E-state index in [4.69, 9.17) is 16.9 Å². The molecular formula is C11H13ClN2. The number of halogens is 1. The van der Waals surface area contributed by atoms with Gasteiger partial charge in [-0.1, -0.05) is 24.6 Å². The molecule has 0 radical (unpaired) electrons. The molecule has 0 aliphatic rings. The summed E-state index contributed by atoms with van der Waals surface area (Å²) in [6.45, 7) is 4.72. The van der Waals surface area contributed by atoms with Crippen LogP contribution in [-0.4, -0.2) is 6.54 Å². The summed E-state index contributed by atoms with van der Waals surface area (Å²) < 4.78 is 0. The van der Waals surface area contributed by atoms with E-state index in [1.807, 2.05) is 32.0 Å². The van der Waals surface area contributed by atoms with Crippen LogP contribution in [0, 0.1) is 18.3 Å². The number of hydrogen-bond acceptors (Lipinski definition) is 2. The van der Waals surface area contributed by atoms with E-state index in [1.54, 1.807) is 0 Å². The fourth-order valence-electron chi connectivity index (χ4n) is 1.39. The van der Waals surface area contributed by atoms with Crippen LogP contribution in [0.3, 0.4) is 0 Å². The van der Waals surface area contributed by atoms with Gasteiger partial charge in [-0.05, 0) is 36.7 Å². The first kappa shape index (κ1) is 11.0. The Balaban J connectivity index is 3.00. The van der Waals surface area contributed by atoms with Gasteiger partial charge in [0.05, 0.1) is 6.07 Å². The van der Waals surface area contributed by atoms with Gasteiger partial charge in [0.15, 0.2) is 0 Å². The molecule has 0 spiro atoms. The Bertz CT molecular complexity index is 355. The molecule has 3 heteroatoms. The molecular weight excluding hydrogens is 196 g/mol. The molecule has 2 nitrogen and oxygen atoms in total. The molecule has 0 heterocycles. The second kappa shape index (κ2) is 4.99. The van der Waals surface area contributed by atoms with E-state index >= 15 is 0 Å². The van der Waals surface area contributed by atoms with Crippen molar-refractivity contribution in [3.8, 4) is 6.07 Å². The minimum Gasteiger partial charge on any atom is -0.298 e. The van der Waals surface area contributed by atoms with E-state index in [0.717, 1.165) is 17.7 Å². The van der Waals surface area contributed by atoms with Gasteiger partial charge in [-0.15, -0.1) is 0 Å². The number of rotatable bonds is 3. The first-order valence-electron chi connectivity index (χ1n) is 4.58. The molecule has 1 N–H and O–H groups in total. The highest BCUT2D eigenvalue weighted by Gasteiger charge is 2.10. The molecule has 0 aliphatic heterocycles. The predicted octanol–water partition coefficient (Wildman–Crippen LogP) is 2.82. The number of hydrogen-bond donors (Lipinski definition) is 1. The number of nitrogens with one attached hydrogen (secondary N) is 1. The van der Waals surface area contributed by atoms with Crippen molar-refractivity contribution >= 4 is 11.6 Å². The van der Waals surface area contributed by atoms with E-state index in [9.17, 15) is 0 Å². The summed E-state index contributed by atoms with van der Waals surface area (Å²) in [5.74, 6) is 0. The Labute approximate surface area is 89.5 Å². The lowest BCUT2D eigenvalue weighted by Crippen LogP contribution is -2.19. The van der Waals surface area contributed by atoms with E-state index in [1.165, 1.54) is 0 Å². The number of benzene rings is 1. The molecule has 0 aliphatic carbocycles. The van der Waals surface area contributed by atoms with Crippen molar-refractivity contribution in [2.24, 2.45) is 0 Å². The zero-order chi connectivity index (χ0) is 10.6. The average molecular weight is 209 g/mol. The standard InChI is InChI=1S/C11H13ClN2/c1-3-14-11(7-13)10-5-4-9(12)6-8(10)2/h4-6,11,14H,3H2,1-2H3. The average Bonchev–Trinajstić information content (AvgIpc) is 2.15. The molecule has 0 amide bonds. The number of nitriles is 1. The Kier molecular flexibility index (Phi) is 3.94. The van der Waals surface area contributed by atoms with Crippen LogP contribution >= 0.6 is 11.6 Å². The van der Waals surface area contributed by atoms with Crippen LogP contribution in [0.15, 0.2) is 18.2 Å². The van der Waals surface area contributed by atoms with Gasteiger partial charge in [0.2, 0.25) is 0 Å². The second-order valence-electron chi connectivity index (χ2n) is 3.12. The van der Waals surface area contributed by atoms with Crippen molar-refractivity contribution in [3.63, 3.8) is 0 Å². The van der Waals surface area contributed by atoms with E-state index in [0.29, 0.717) is 5.02 Å². The molecule has 0 saturated heterocycles. The highest BCUT2D eigenvalue weighted by molar-refractivity contribution is 6.30. The predicted molar refractivity (Wildman–Crippen MR) is 58.2 cm³/mol. The quantitative estimate of drug-likeness (QED) is 0.829. The highest BCUT2D eigenvalue weighted by atomic mass is 35.5. The van der Waals surface area contributed by atoms with Crippen molar-refractivity contribution in [1.82, 2.24) is 5.32 Å². The molecule has 1 unspecified atom stereocenters. The topological polar surface area (TPSA) is 35.8 Å². The summed E-state index contributed by atoms with van der Waals surface area (Å²) in [5, 5.41) is 12.8. The summed E-state index contributed by atoms with van der Waals surface area (Å²) in [6, 6.07) is 7.57. The largest absolute Gasteiger partial charge is 0.298 e. The molecule has 0 fully saturated rings. The molecule has 14 heavy (non-hydrogen) atoms. The van der Waals surface area contributed by atoms with Gasteiger partial charge in [0.25, 0.3) is 0 Å². The molecule has 1 aromatic carbocycles. The minimum atomic E-state index is -0.239.